The molecule has 0 fully saturated rings. The number of hydrogen-bond donors (Lipinski definition) is 0. The molecule has 0 bridgehead atoms. The van der Waals surface area contributed by atoms with Crippen molar-refractivity contribution in [3.05, 3.63) is 71.3 Å². The van der Waals surface area contributed by atoms with Gasteiger partial charge in [-0.2, -0.15) is 13.2 Å². The molecule has 0 aliphatic rings. The fourth-order valence-corrected chi connectivity index (χ4v) is 1.78. The molecule has 0 radical (unpaired) electrons. The lowest BCUT2D eigenvalue weighted by molar-refractivity contribution is -0.137. The third-order valence-corrected chi connectivity index (χ3v) is 2.81. The second-order valence-corrected chi connectivity index (χ2v) is 4.20. The molecule has 0 aliphatic heterocycles. The summed E-state index contributed by atoms with van der Waals surface area (Å²) >= 11 is 0. The number of methoxy groups -OCH3 is 1. The van der Waals surface area contributed by atoms with Crippen molar-refractivity contribution in [1.82, 2.24) is 0 Å². The fourth-order valence-electron chi connectivity index (χ4n) is 1.78. The van der Waals surface area contributed by atoms with Crippen LogP contribution in [0.4, 0.5) is 13.2 Å². The van der Waals surface area contributed by atoms with Crippen LogP contribution in [0.1, 0.15) is 16.7 Å². The fraction of sp³-hybridized carbons (Fsp3) is 0.125. The number of hydrogen-bond acceptors (Lipinski definition) is 1. The van der Waals surface area contributed by atoms with Gasteiger partial charge < -0.3 is 4.74 Å². The minimum atomic E-state index is -4.32. The lowest BCUT2D eigenvalue weighted by Crippen LogP contribution is -2.04. The van der Waals surface area contributed by atoms with E-state index in [0.29, 0.717) is 11.3 Å². The van der Waals surface area contributed by atoms with Crippen molar-refractivity contribution >= 4 is 11.8 Å². The Morgan fingerprint density at radius 1 is 0.950 bits per heavy atom. The second kappa shape index (κ2) is 5.82. The zero-order valence-corrected chi connectivity index (χ0v) is 10.8. The normalized spacial score (nSPS) is 12.3. The van der Waals surface area contributed by atoms with Crippen molar-refractivity contribution < 1.29 is 17.9 Å². The third-order valence-electron chi connectivity index (χ3n) is 2.81. The summed E-state index contributed by atoms with van der Waals surface area (Å²) in [5.74, 6) is 0.518. The first-order valence-electron chi connectivity index (χ1n) is 5.99. The van der Waals surface area contributed by atoms with E-state index < -0.39 is 11.7 Å². The van der Waals surface area contributed by atoms with E-state index in [1.165, 1.54) is 19.2 Å². The van der Waals surface area contributed by atoms with Gasteiger partial charge >= 0.3 is 6.18 Å². The molecule has 0 aliphatic carbocycles. The van der Waals surface area contributed by atoms with Crippen molar-refractivity contribution in [3.63, 3.8) is 0 Å². The summed E-state index contributed by atoms with van der Waals surface area (Å²) in [4.78, 5) is 0. The molecule has 0 N–H and O–H groups in total. The van der Waals surface area contributed by atoms with Gasteiger partial charge in [0.05, 0.1) is 12.7 Å². The monoisotopic (exact) mass is 278 g/mol. The largest absolute Gasteiger partial charge is 0.496 e. The predicted octanol–water partition coefficient (Wildman–Crippen LogP) is 4.85. The van der Waals surface area contributed by atoms with E-state index in [9.17, 15) is 13.2 Å². The molecular formula is C16H13F3O. The van der Waals surface area contributed by atoms with Crippen LogP contribution in [0.3, 0.4) is 0 Å². The Hall–Kier alpha value is -2.23. The quantitative estimate of drug-likeness (QED) is 0.576. The van der Waals surface area contributed by atoms with Crippen LogP contribution in [-0.4, -0.2) is 7.11 Å². The molecular weight excluding hydrogens is 265 g/mol. The van der Waals surface area contributed by atoms with Gasteiger partial charge in [-0.25, -0.2) is 0 Å². The third kappa shape index (κ3) is 3.41. The van der Waals surface area contributed by atoms with Crippen molar-refractivity contribution in [2.75, 3.05) is 7.11 Å². The molecule has 0 aromatic heterocycles. The summed E-state index contributed by atoms with van der Waals surface area (Å²) in [5, 5.41) is 0. The van der Waals surface area contributed by atoms with Crippen LogP contribution in [0.15, 0.2) is 54.6 Å². The van der Waals surface area contributed by atoms with Gasteiger partial charge in [-0.05, 0) is 23.8 Å². The molecule has 0 amide bonds. The highest BCUT2D eigenvalue weighted by Gasteiger charge is 2.30. The van der Waals surface area contributed by atoms with Gasteiger partial charge in [-0.1, -0.05) is 42.5 Å². The smallest absolute Gasteiger partial charge is 0.416 e. The predicted molar refractivity (Wildman–Crippen MR) is 72.8 cm³/mol. The lowest BCUT2D eigenvalue weighted by Gasteiger charge is -2.10. The van der Waals surface area contributed by atoms with Crippen LogP contribution in [0.2, 0.25) is 0 Å². The molecule has 0 saturated heterocycles. The van der Waals surface area contributed by atoms with Crippen LogP contribution >= 0.6 is 0 Å². The molecule has 104 valence electrons. The van der Waals surface area contributed by atoms with Crippen molar-refractivity contribution in [2.24, 2.45) is 0 Å². The number of benzene rings is 2. The molecule has 2 rings (SSSR count). The number of ether oxygens (including phenoxy) is 1. The highest BCUT2D eigenvalue weighted by atomic mass is 19.4. The molecule has 2 aromatic rings. The Kier molecular flexibility index (Phi) is 4.13. The molecule has 0 spiro atoms. The Labute approximate surface area is 115 Å². The van der Waals surface area contributed by atoms with Crippen LogP contribution < -0.4 is 0 Å². The Morgan fingerprint density at radius 3 is 2.05 bits per heavy atom. The van der Waals surface area contributed by atoms with E-state index in [4.69, 9.17) is 4.74 Å². The average molecular weight is 278 g/mol. The molecule has 1 nitrogen and oxygen atoms in total. The number of alkyl halides is 3. The van der Waals surface area contributed by atoms with Crippen molar-refractivity contribution in [1.29, 1.82) is 0 Å². The molecule has 0 saturated carbocycles. The highest BCUT2D eigenvalue weighted by molar-refractivity contribution is 5.77. The maximum absolute atomic E-state index is 12.5. The van der Waals surface area contributed by atoms with Gasteiger partial charge in [0, 0.05) is 5.56 Å². The summed E-state index contributed by atoms with van der Waals surface area (Å²) in [6.07, 6.45) is -2.54. The SMILES string of the molecule is CO/C(=C\c1ccccc1)c1ccc(C(F)(F)F)cc1. The van der Waals surface area contributed by atoms with E-state index in [0.717, 1.165) is 17.7 Å². The first-order valence-corrected chi connectivity index (χ1v) is 5.99. The Balaban J connectivity index is 2.31. The first kappa shape index (κ1) is 14.2. The molecule has 0 heterocycles. The van der Waals surface area contributed by atoms with Crippen LogP contribution in [0, 0.1) is 0 Å². The summed E-state index contributed by atoms with van der Waals surface area (Å²) in [5.41, 5.74) is 0.852. The zero-order valence-electron chi connectivity index (χ0n) is 10.8. The van der Waals surface area contributed by atoms with E-state index >= 15 is 0 Å². The van der Waals surface area contributed by atoms with Crippen molar-refractivity contribution in [3.8, 4) is 0 Å². The van der Waals surface area contributed by atoms with E-state index in [2.05, 4.69) is 0 Å². The molecule has 0 unspecified atom stereocenters. The number of rotatable bonds is 3. The minimum absolute atomic E-state index is 0.518. The topological polar surface area (TPSA) is 9.23 Å². The van der Waals surface area contributed by atoms with Gasteiger partial charge in [0.25, 0.3) is 0 Å². The van der Waals surface area contributed by atoms with E-state index in [1.807, 2.05) is 30.3 Å². The van der Waals surface area contributed by atoms with Gasteiger partial charge in [0.1, 0.15) is 5.76 Å². The Bertz CT molecular complexity index is 583. The molecule has 20 heavy (non-hydrogen) atoms. The first-order chi connectivity index (χ1) is 9.50. The highest BCUT2D eigenvalue weighted by Crippen LogP contribution is 2.30. The van der Waals surface area contributed by atoms with Gasteiger partial charge in [0.15, 0.2) is 0 Å². The summed E-state index contributed by atoms with van der Waals surface area (Å²) < 4.78 is 42.8. The molecule has 0 atom stereocenters. The van der Waals surface area contributed by atoms with Crippen molar-refractivity contribution in [2.45, 2.75) is 6.18 Å². The summed E-state index contributed by atoms with van der Waals surface area (Å²) in [6, 6.07) is 14.3. The van der Waals surface area contributed by atoms with E-state index in [-0.39, 0.29) is 0 Å². The second-order valence-electron chi connectivity index (χ2n) is 4.20. The number of halogens is 3. The van der Waals surface area contributed by atoms with Crippen LogP contribution in [-0.2, 0) is 10.9 Å². The standard InChI is InChI=1S/C16H13F3O/c1-20-15(11-12-5-3-2-4-6-12)13-7-9-14(10-8-13)16(17,18)19/h2-11H,1H3/b15-11-. The van der Waals surface area contributed by atoms with Crippen LogP contribution in [0.5, 0.6) is 0 Å². The van der Waals surface area contributed by atoms with Gasteiger partial charge in [0.2, 0.25) is 0 Å². The van der Waals surface area contributed by atoms with Gasteiger partial charge in [-0.15, -0.1) is 0 Å². The summed E-state index contributed by atoms with van der Waals surface area (Å²) in [7, 11) is 1.49. The zero-order chi connectivity index (χ0) is 14.6. The Morgan fingerprint density at radius 2 is 1.55 bits per heavy atom. The molecule has 2 aromatic carbocycles. The van der Waals surface area contributed by atoms with E-state index in [1.54, 1.807) is 6.08 Å². The minimum Gasteiger partial charge on any atom is -0.496 e. The maximum Gasteiger partial charge on any atom is 0.416 e. The maximum atomic E-state index is 12.5. The summed E-state index contributed by atoms with van der Waals surface area (Å²) in [6.45, 7) is 0. The lowest BCUT2D eigenvalue weighted by atomic mass is 10.1. The average Bonchev–Trinajstić information content (AvgIpc) is 2.45. The van der Waals surface area contributed by atoms with Gasteiger partial charge in [-0.3, -0.25) is 0 Å². The van der Waals surface area contributed by atoms with Crippen LogP contribution in [0.25, 0.3) is 11.8 Å². The molecule has 4 heteroatoms.